The summed E-state index contributed by atoms with van der Waals surface area (Å²) in [5.41, 5.74) is 5.11. The molecular weight excluding hydrogens is 482 g/mol. The number of nitrogens with one attached hydrogen (secondary N) is 1. The lowest BCUT2D eigenvalue weighted by molar-refractivity contribution is -0.137. The number of anilines is 3. The van der Waals surface area contributed by atoms with Gasteiger partial charge in [-0.1, -0.05) is 0 Å². The number of pyridine rings is 1. The van der Waals surface area contributed by atoms with E-state index in [-0.39, 0.29) is 22.8 Å². The van der Waals surface area contributed by atoms with Gasteiger partial charge in [-0.3, -0.25) is 4.79 Å². The van der Waals surface area contributed by atoms with Gasteiger partial charge in [-0.25, -0.2) is 18.9 Å². The molecule has 4 heterocycles. The van der Waals surface area contributed by atoms with E-state index in [1.54, 1.807) is 6.07 Å². The van der Waals surface area contributed by atoms with Gasteiger partial charge in [0.1, 0.15) is 17.2 Å². The fourth-order valence-corrected chi connectivity index (χ4v) is 3.85. The fraction of sp³-hybridized carbons (Fsp3) is 0.217. The number of carbonyl (C=O) groups excluding carboxylic acids is 1. The Morgan fingerprint density at radius 1 is 1.11 bits per heavy atom. The molecule has 1 aromatic carbocycles. The highest BCUT2D eigenvalue weighted by Crippen LogP contribution is 2.37. The average molecular weight is 501 g/mol. The molecule has 5 rings (SSSR count). The highest BCUT2D eigenvalue weighted by Gasteiger charge is 2.35. The van der Waals surface area contributed by atoms with Crippen molar-refractivity contribution < 1.29 is 27.1 Å². The zero-order valence-electron chi connectivity index (χ0n) is 18.6. The highest BCUT2D eigenvalue weighted by molar-refractivity contribution is 6.05. The van der Waals surface area contributed by atoms with E-state index < -0.39 is 23.5 Å². The Morgan fingerprint density at radius 2 is 1.83 bits per heavy atom. The molecule has 36 heavy (non-hydrogen) atoms. The molecule has 0 spiro atoms. The number of hydrogen-bond donors (Lipinski definition) is 2. The summed E-state index contributed by atoms with van der Waals surface area (Å²) >= 11 is 0. The minimum absolute atomic E-state index is 0.187. The molecule has 1 saturated heterocycles. The monoisotopic (exact) mass is 501 g/mol. The number of morpholine rings is 1. The summed E-state index contributed by atoms with van der Waals surface area (Å²) in [6.07, 6.45) is -2.35. The summed E-state index contributed by atoms with van der Waals surface area (Å²) in [6, 6.07) is 7.51. The van der Waals surface area contributed by atoms with E-state index in [9.17, 15) is 22.4 Å². The molecule has 0 bridgehead atoms. The summed E-state index contributed by atoms with van der Waals surface area (Å²) in [4.78, 5) is 23.0. The lowest BCUT2D eigenvalue weighted by atomic mass is 10.1. The van der Waals surface area contributed by atoms with Crippen LogP contribution in [0.5, 0.6) is 0 Å². The number of halogens is 4. The quantitative estimate of drug-likeness (QED) is 0.411. The van der Waals surface area contributed by atoms with Crippen molar-refractivity contribution in [3.05, 3.63) is 65.7 Å². The topological polar surface area (TPSA) is 111 Å². The number of ether oxygens (including phenoxy) is 1. The molecule has 3 N–H and O–H groups in total. The second kappa shape index (κ2) is 9.07. The Hall–Kier alpha value is -4.26. The average Bonchev–Trinajstić information content (AvgIpc) is 3.29. The van der Waals surface area contributed by atoms with Crippen LogP contribution in [0.25, 0.3) is 16.9 Å². The van der Waals surface area contributed by atoms with E-state index in [1.165, 1.54) is 35.0 Å². The number of amides is 1. The van der Waals surface area contributed by atoms with Gasteiger partial charge in [-0.05, 0) is 36.4 Å². The number of rotatable bonds is 4. The lowest BCUT2D eigenvalue weighted by Gasteiger charge is -2.28. The zero-order chi connectivity index (χ0) is 25.4. The highest BCUT2D eigenvalue weighted by atomic mass is 19.4. The van der Waals surface area contributed by atoms with Crippen LogP contribution < -0.4 is 16.0 Å². The van der Waals surface area contributed by atoms with Crippen LogP contribution in [0.15, 0.2) is 48.8 Å². The summed E-state index contributed by atoms with van der Waals surface area (Å²) in [7, 11) is 0. The second-order valence-electron chi connectivity index (χ2n) is 8.03. The maximum absolute atomic E-state index is 13.8. The largest absolute Gasteiger partial charge is 0.417 e. The van der Waals surface area contributed by atoms with Gasteiger partial charge in [-0.2, -0.15) is 13.2 Å². The standard InChI is InChI=1S/C23H19F4N7O2/c24-14-1-3-15(4-2-14)30-22(35)13-9-18-21(33-5-7-36-8-6-33)31-20(32-34(18)12-13)16-11-29-19(28)10-17(16)23(25,26)27/h1-4,9-12H,5-8H2,(H2,28,29)(H,30,35). The van der Waals surface area contributed by atoms with Crippen LogP contribution >= 0.6 is 0 Å². The van der Waals surface area contributed by atoms with Gasteiger partial charge in [0.15, 0.2) is 11.6 Å². The molecular formula is C23H19F4N7O2. The predicted octanol–water partition coefficient (Wildman–Crippen LogP) is 3.62. The molecule has 0 unspecified atom stereocenters. The second-order valence-corrected chi connectivity index (χ2v) is 8.03. The van der Waals surface area contributed by atoms with Crippen molar-refractivity contribution >= 4 is 28.7 Å². The molecule has 1 amide bonds. The van der Waals surface area contributed by atoms with Gasteiger partial charge in [0.05, 0.1) is 29.9 Å². The first-order valence-corrected chi connectivity index (χ1v) is 10.8. The van der Waals surface area contributed by atoms with Crippen molar-refractivity contribution in [2.45, 2.75) is 6.18 Å². The van der Waals surface area contributed by atoms with Gasteiger partial charge in [0.2, 0.25) is 0 Å². The zero-order valence-corrected chi connectivity index (χ0v) is 18.6. The fourth-order valence-electron chi connectivity index (χ4n) is 3.85. The van der Waals surface area contributed by atoms with E-state index in [2.05, 4.69) is 20.4 Å². The van der Waals surface area contributed by atoms with Crippen molar-refractivity contribution in [2.75, 3.05) is 42.3 Å². The van der Waals surface area contributed by atoms with Crippen LogP contribution in [-0.2, 0) is 10.9 Å². The normalized spacial score (nSPS) is 14.3. The molecule has 0 aliphatic carbocycles. The molecule has 13 heteroatoms. The number of nitrogens with two attached hydrogens (primary N) is 1. The van der Waals surface area contributed by atoms with Crippen molar-refractivity contribution in [1.82, 2.24) is 19.6 Å². The Labute approximate surface area is 201 Å². The van der Waals surface area contributed by atoms with Crippen LogP contribution in [0.3, 0.4) is 0 Å². The predicted molar refractivity (Wildman–Crippen MR) is 123 cm³/mol. The molecule has 1 aliphatic rings. The Morgan fingerprint density at radius 3 is 2.53 bits per heavy atom. The van der Waals surface area contributed by atoms with E-state index >= 15 is 0 Å². The number of alkyl halides is 3. The third-order valence-corrected chi connectivity index (χ3v) is 5.59. The van der Waals surface area contributed by atoms with Crippen molar-refractivity contribution in [1.29, 1.82) is 0 Å². The van der Waals surface area contributed by atoms with Crippen molar-refractivity contribution in [3.63, 3.8) is 0 Å². The molecule has 4 aromatic rings. The molecule has 186 valence electrons. The maximum Gasteiger partial charge on any atom is 0.417 e. The number of fused-ring (bicyclic) bond motifs is 1. The van der Waals surface area contributed by atoms with Crippen LogP contribution in [0, 0.1) is 5.82 Å². The molecule has 1 aliphatic heterocycles. The Bertz CT molecular complexity index is 1430. The molecule has 3 aromatic heterocycles. The summed E-state index contributed by atoms with van der Waals surface area (Å²) < 4.78 is 61.2. The third-order valence-electron chi connectivity index (χ3n) is 5.59. The van der Waals surface area contributed by atoms with Gasteiger partial charge in [0.25, 0.3) is 5.91 Å². The minimum Gasteiger partial charge on any atom is -0.384 e. The molecule has 0 atom stereocenters. The van der Waals surface area contributed by atoms with Crippen molar-refractivity contribution in [3.8, 4) is 11.4 Å². The van der Waals surface area contributed by atoms with Gasteiger partial charge >= 0.3 is 6.18 Å². The number of benzene rings is 1. The summed E-state index contributed by atoms with van der Waals surface area (Å²) in [6.45, 7) is 1.70. The summed E-state index contributed by atoms with van der Waals surface area (Å²) in [5.74, 6) is -1.14. The smallest absolute Gasteiger partial charge is 0.384 e. The molecule has 0 saturated carbocycles. The Kier molecular flexibility index (Phi) is 5.92. The first kappa shape index (κ1) is 23.5. The minimum atomic E-state index is -4.72. The van der Waals surface area contributed by atoms with Crippen LogP contribution in [0.2, 0.25) is 0 Å². The first-order valence-electron chi connectivity index (χ1n) is 10.8. The van der Waals surface area contributed by atoms with E-state index in [1.807, 2.05) is 4.90 Å². The maximum atomic E-state index is 13.8. The van der Waals surface area contributed by atoms with Crippen molar-refractivity contribution in [2.24, 2.45) is 0 Å². The number of hydrogen-bond acceptors (Lipinski definition) is 7. The number of nitrogen functional groups attached to an aromatic ring is 1. The lowest BCUT2D eigenvalue weighted by Crippen LogP contribution is -2.37. The molecule has 1 fully saturated rings. The summed E-state index contributed by atoms with van der Waals surface area (Å²) in [5, 5.41) is 6.92. The Balaban J connectivity index is 1.62. The number of nitrogens with zero attached hydrogens (tertiary/aromatic N) is 5. The SMILES string of the molecule is Nc1cc(C(F)(F)F)c(-c2nc(N3CCOCC3)c3cc(C(=O)Nc4ccc(F)cc4)cn3n2)cn1. The molecule has 9 nitrogen and oxygen atoms in total. The van der Waals surface area contributed by atoms with E-state index in [0.29, 0.717) is 43.3 Å². The first-order chi connectivity index (χ1) is 17.2. The van der Waals surface area contributed by atoms with Crippen LogP contribution in [-0.4, -0.2) is 51.8 Å². The van der Waals surface area contributed by atoms with E-state index in [0.717, 1.165) is 12.3 Å². The van der Waals surface area contributed by atoms with Crippen LogP contribution in [0.1, 0.15) is 15.9 Å². The molecule has 0 radical (unpaired) electrons. The van der Waals surface area contributed by atoms with Gasteiger partial charge in [0, 0.05) is 31.2 Å². The van der Waals surface area contributed by atoms with Crippen LogP contribution in [0.4, 0.5) is 34.9 Å². The third kappa shape index (κ3) is 4.64. The van der Waals surface area contributed by atoms with Gasteiger partial charge < -0.3 is 20.7 Å². The number of carbonyl (C=O) groups is 1. The van der Waals surface area contributed by atoms with Gasteiger partial charge in [-0.15, -0.1) is 5.10 Å². The number of aromatic nitrogens is 4. The van der Waals surface area contributed by atoms with E-state index in [4.69, 9.17) is 10.5 Å².